The molecular formula is C24H18N2O4S. The van der Waals surface area contributed by atoms with Gasteiger partial charge in [0.05, 0.1) is 7.11 Å². The summed E-state index contributed by atoms with van der Waals surface area (Å²) in [6.45, 7) is 0.540. The van der Waals surface area contributed by atoms with E-state index < -0.39 is 5.97 Å². The number of para-hydroxylation sites is 1. The maximum Gasteiger partial charge on any atom is 0.353 e. The molecule has 1 amide bonds. The molecule has 154 valence electrons. The van der Waals surface area contributed by atoms with Crippen LogP contribution in [0.15, 0.2) is 65.6 Å². The monoisotopic (exact) mass is 430 g/mol. The first-order chi connectivity index (χ1) is 15.1. The molecule has 0 saturated heterocycles. The molecule has 1 aliphatic heterocycles. The van der Waals surface area contributed by atoms with Crippen LogP contribution < -0.4 is 14.4 Å². The number of hydrogen-bond donors (Lipinski definition) is 0. The Bertz CT molecular complexity index is 1210. The van der Waals surface area contributed by atoms with E-state index in [2.05, 4.69) is 0 Å². The molecule has 0 atom stereocenters. The van der Waals surface area contributed by atoms with Gasteiger partial charge in [-0.05, 0) is 53.3 Å². The fraction of sp³-hybridized carbons (Fsp3) is 0.125. The van der Waals surface area contributed by atoms with Crippen LogP contribution in [0.2, 0.25) is 0 Å². The van der Waals surface area contributed by atoms with Crippen LogP contribution in [-0.2, 0) is 11.2 Å². The molecule has 0 radical (unpaired) electrons. The van der Waals surface area contributed by atoms with Gasteiger partial charge in [-0.1, -0.05) is 30.3 Å². The number of methoxy groups -OCH3 is 1. The Kier molecular flexibility index (Phi) is 5.83. The van der Waals surface area contributed by atoms with Crippen molar-refractivity contribution < 1.29 is 19.1 Å². The van der Waals surface area contributed by atoms with Gasteiger partial charge in [0.1, 0.15) is 16.5 Å². The topological polar surface area (TPSA) is 79.6 Å². The smallest absolute Gasteiger partial charge is 0.353 e. The summed E-state index contributed by atoms with van der Waals surface area (Å²) in [5, 5.41) is 11.4. The lowest BCUT2D eigenvalue weighted by molar-refractivity contribution is -0.114. The molecule has 0 N–H and O–H groups in total. The Labute approximate surface area is 183 Å². The van der Waals surface area contributed by atoms with E-state index in [9.17, 15) is 14.9 Å². The van der Waals surface area contributed by atoms with E-state index >= 15 is 0 Å². The van der Waals surface area contributed by atoms with Crippen molar-refractivity contribution in [3.05, 3.63) is 81.6 Å². The van der Waals surface area contributed by atoms with Crippen molar-refractivity contribution in [2.75, 3.05) is 18.6 Å². The second-order valence-electron chi connectivity index (χ2n) is 6.78. The lowest BCUT2D eigenvalue weighted by Crippen LogP contribution is -2.29. The van der Waals surface area contributed by atoms with Crippen molar-refractivity contribution in [1.29, 1.82) is 5.26 Å². The maximum atomic E-state index is 13.0. The molecule has 1 aliphatic rings. The van der Waals surface area contributed by atoms with Gasteiger partial charge in [0.2, 0.25) is 0 Å². The third-order valence-corrected chi connectivity index (χ3v) is 5.76. The predicted octanol–water partition coefficient (Wildman–Crippen LogP) is 4.47. The van der Waals surface area contributed by atoms with Gasteiger partial charge < -0.3 is 14.4 Å². The minimum atomic E-state index is -0.475. The first-order valence-corrected chi connectivity index (χ1v) is 10.4. The summed E-state index contributed by atoms with van der Waals surface area (Å²) < 4.78 is 10.8. The van der Waals surface area contributed by atoms with Gasteiger partial charge in [0, 0.05) is 12.2 Å². The molecule has 0 fully saturated rings. The number of hydrogen-bond acceptors (Lipinski definition) is 6. The summed E-state index contributed by atoms with van der Waals surface area (Å²) in [4.78, 5) is 27.3. The molecule has 0 spiro atoms. The van der Waals surface area contributed by atoms with Crippen LogP contribution in [0.4, 0.5) is 5.69 Å². The molecule has 4 rings (SSSR count). The minimum absolute atomic E-state index is 0.0158. The number of fused-ring (bicyclic) bond motifs is 1. The number of anilines is 1. The normalized spacial score (nSPS) is 12.8. The zero-order valence-corrected chi connectivity index (χ0v) is 17.5. The number of carbonyl (C=O) groups is 2. The van der Waals surface area contributed by atoms with Gasteiger partial charge in [-0.2, -0.15) is 5.26 Å². The van der Waals surface area contributed by atoms with Crippen LogP contribution in [0.1, 0.15) is 20.8 Å². The van der Waals surface area contributed by atoms with Gasteiger partial charge in [0.15, 0.2) is 11.5 Å². The first kappa shape index (κ1) is 20.4. The predicted molar refractivity (Wildman–Crippen MR) is 118 cm³/mol. The number of ether oxygens (including phenoxy) is 2. The van der Waals surface area contributed by atoms with Crippen molar-refractivity contribution in [2.24, 2.45) is 0 Å². The van der Waals surface area contributed by atoms with E-state index in [1.165, 1.54) is 24.5 Å². The molecule has 2 aromatic carbocycles. The number of nitriles is 1. The highest BCUT2D eigenvalue weighted by molar-refractivity contribution is 7.12. The molecule has 2 heterocycles. The Morgan fingerprint density at radius 3 is 2.71 bits per heavy atom. The van der Waals surface area contributed by atoms with Crippen molar-refractivity contribution in [3.8, 4) is 17.6 Å². The van der Waals surface area contributed by atoms with Crippen molar-refractivity contribution in [3.63, 3.8) is 0 Å². The quantitative estimate of drug-likeness (QED) is 0.258. The summed E-state index contributed by atoms with van der Waals surface area (Å²) in [6.07, 6.45) is 2.27. The Morgan fingerprint density at radius 1 is 1.13 bits per heavy atom. The van der Waals surface area contributed by atoms with E-state index in [4.69, 9.17) is 9.47 Å². The molecule has 31 heavy (non-hydrogen) atoms. The Morgan fingerprint density at radius 2 is 1.97 bits per heavy atom. The number of benzene rings is 2. The van der Waals surface area contributed by atoms with Crippen LogP contribution in [0, 0.1) is 11.3 Å². The number of thiophene rings is 1. The van der Waals surface area contributed by atoms with Crippen molar-refractivity contribution in [2.45, 2.75) is 6.42 Å². The largest absolute Gasteiger partial charge is 0.493 e. The van der Waals surface area contributed by atoms with Gasteiger partial charge >= 0.3 is 5.97 Å². The summed E-state index contributed by atoms with van der Waals surface area (Å²) in [5.74, 6) is -0.233. The van der Waals surface area contributed by atoms with Crippen molar-refractivity contribution >= 4 is 35.0 Å². The van der Waals surface area contributed by atoms with Crippen LogP contribution in [0.5, 0.6) is 11.5 Å². The third-order valence-electron chi connectivity index (χ3n) is 4.91. The Balaban J connectivity index is 1.57. The van der Waals surface area contributed by atoms with Crippen LogP contribution in [0.3, 0.4) is 0 Å². The summed E-state index contributed by atoms with van der Waals surface area (Å²) in [5.41, 5.74) is 2.53. The average molecular weight is 430 g/mol. The maximum absolute atomic E-state index is 13.0. The molecule has 6 nitrogen and oxygen atoms in total. The highest BCUT2D eigenvalue weighted by Crippen LogP contribution is 2.31. The van der Waals surface area contributed by atoms with Gasteiger partial charge in [-0.25, -0.2) is 4.79 Å². The van der Waals surface area contributed by atoms with E-state index in [1.807, 2.05) is 30.3 Å². The first-order valence-electron chi connectivity index (χ1n) is 9.56. The van der Waals surface area contributed by atoms with E-state index in [0.29, 0.717) is 22.7 Å². The number of nitrogens with zero attached hydrogens (tertiary/aromatic N) is 2. The zero-order valence-electron chi connectivity index (χ0n) is 16.7. The summed E-state index contributed by atoms with van der Waals surface area (Å²) in [6, 6.07) is 18.0. The lowest BCUT2D eigenvalue weighted by atomic mass is 10.1. The average Bonchev–Trinajstić information content (AvgIpc) is 3.48. The molecule has 7 heteroatoms. The summed E-state index contributed by atoms with van der Waals surface area (Å²) >= 11 is 1.29. The SMILES string of the molecule is COc1cc(/C=C(\C#N)C(=O)N2CCc3ccccc32)ccc1OC(=O)c1cccs1. The number of carbonyl (C=O) groups excluding carboxylic acids is 2. The number of rotatable bonds is 5. The van der Waals surface area contributed by atoms with E-state index in [-0.39, 0.29) is 17.2 Å². The van der Waals surface area contributed by atoms with Crippen LogP contribution in [0.25, 0.3) is 6.08 Å². The fourth-order valence-electron chi connectivity index (χ4n) is 3.41. The summed E-state index contributed by atoms with van der Waals surface area (Å²) in [7, 11) is 1.46. The standard InChI is InChI=1S/C24H18N2O4S/c1-29-21-14-16(8-9-20(21)30-24(28)22-7-4-12-31-22)13-18(15-25)23(27)26-11-10-17-5-2-3-6-19(17)26/h2-9,12-14H,10-11H2,1H3/b18-13+. The second-order valence-corrected chi connectivity index (χ2v) is 7.73. The molecule has 0 bridgehead atoms. The number of esters is 1. The highest BCUT2D eigenvalue weighted by Gasteiger charge is 2.26. The third kappa shape index (κ3) is 4.20. The lowest BCUT2D eigenvalue weighted by Gasteiger charge is -2.16. The van der Waals surface area contributed by atoms with Crippen LogP contribution >= 0.6 is 11.3 Å². The molecule has 1 aromatic heterocycles. The van der Waals surface area contributed by atoms with Crippen molar-refractivity contribution in [1.82, 2.24) is 0 Å². The molecular weight excluding hydrogens is 412 g/mol. The fourth-order valence-corrected chi connectivity index (χ4v) is 4.01. The van der Waals surface area contributed by atoms with Gasteiger partial charge in [-0.15, -0.1) is 11.3 Å². The molecule has 0 saturated carbocycles. The van der Waals surface area contributed by atoms with E-state index in [0.717, 1.165) is 17.7 Å². The molecule has 3 aromatic rings. The van der Waals surface area contributed by atoms with Gasteiger partial charge in [-0.3, -0.25) is 4.79 Å². The zero-order chi connectivity index (χ0) is 21.8. The Hall–Kier alpha value is -3.89. The van der Waals surface area contributed by atoms with E-state index in [1.54, 1.807) is 40.6 Å². The van der Waals surface area contributed by atoms with Crippen LogP contribution in [-0.4, -0.2) is 25.5 Å². The highest BCUT2D eigenvalue weighted by atomic mass is 32.1. The number of amides is 1. The van der Waals surface area contributed by atoms with Gasteiger partial charge in [0.25, 0.3) is 5.91 Å². The second kappa shape index (κ2) is 8.86. The molecule has 0 unspecified atom stereocenters. The molecule has 0 aliphatic carbocycles. The minimum Gasteiger partial charge on any atom is -0.493 e.